The maximum Gasteiger partial charge on any atom is 0.323 e. The third kappa shape index (κ3) is 5.94. The van der Waals surface area contributed by atoms with E-state index in [2.05, 4.69) is 15.6 Å². The van der Waals surface area contributed by atoms with Gasteiger partial charge < -0.3 is 30.0 Å². The van der Waals surface area contributed by atoms with Gasteiger partial charge in [0, 0.05) is 23.5 Å². The Labute approximate surface area is 197 Å². The van der Waals surface area contributed by atoms with Gasteiger partial charge in [0.25, 0.3) is 0 Å². The lowest BCUT2D eigenvalue weighted by Crippen LogP contribution is -2.30. The lowest BCUT2D eigenvalue weighted by molar-refractivity contribution is -0.148. The molecule has 1 heterocycles. The maximum absolute atomic E-state index is 12.4. The van der Waals surface area contributed by atoms with Gasteiger partial charge in [0.2, 0.25) is 5.88 Å². The fourth-order valence-corrected chi connectivity index (χ4v) is 2.97. The molecule has 1 aromatic heterocycles. The van der Waals surface area contributed by atoms with Gasteiger partial charge in [-0.15, -0.1) is 0 Å². The van der Waals surface area contributed by atoms with E-state index in [0.717, 1.165) is 11.1 Å². The second-order valence-electron chi connectivity index (χ2n) is 8.06. The first-order valence-corrected chi connectivity index (χ1v) is 10.4. The number of nitrogens with one attached hydrogen (secondary N) is 2. The van der Waals surface area contributed by atoms with Crippen molar-refractivity contribution in [3.63, 3.8) is 0 Å². The quantitative estimate of drug-likeness (QED) is 0.411. The first-order valence-electron chi connectivity index (χ1n) is 10.4. The van der Waals surface area contributed by atoms with Crippen LogP contribution in [-0.2, 0) is 4.79 Å². The highest BCUT2D eigenvalue weighted by Crippen LogP contribution is 2.34. The topological polar surface area (TPSA) is 119 Å². The lowest BCUT2D eigenvalue weighted by Gasteiger charge is -2.19. The Morgan fingerprint density at radius 3 is 2.24 bits per heavy atom. The number of nitrogens with zero attached hydrogens (tertiary/aromatic N) is 1. The number of methoxy groups -OCH3 is 2. The number of pyridine rings is 1. The Morgan fingerprint density at radius 1 is 0.941 bits per heavy atom. The molecule has 0 saturated carbocycles. The van der Waals surface area contributed by atoms with E-state index in [1.54, 1.807) is 56.4 Å². The number of aromatic nitrogens is 1. The molecule has 3 N–H and O–H groups in total. The number of para-hydroxylation sites is 1. The van der Waals surface area contributed by atoms with Crippen molar-refractivity contribution in [3.8, 4) is 28.5 Å². The van der Waals surface area contributed by atoms with Crippen molar-refractivity contribution in [1.29, 1.82) is 0 Å². The molecule has 0 unspecified atom stereocenters. The van der Waals surface area contributed by atoms with Crippen LogP contribution in [0.15, 0.2) is 60.8 Å². The van der Waals surface area contributed by atoms with Crippen LogP contribution in [0.5, 0.6) is 17.4 Å². The number of carbonyl (C=O) groups excluding carboxylic acids is 1. The van der Waals surface area contributed by atoms with Crippen molar-refractivity contribution in [2.75, 3.05) is 31.5 Å². The van der Waals surface area contributed by atoms with E-state index in [0.29, 0.717) is 28.8 Å². The summed E-state index contributed by atoms with van der Waals surface area (Å²) in [6, 6.07) is 15.6. The minimum atomic E-state index is -1.01. The van der Waals surface area contributed by atoms with E-state index in [-0.39, 0.29) is 6.61 Å². The summed E-state index contributed by atoms with van der Waals surface area (Å²) in [5.41, 5.74) is 1.82. The molecule has 9 nitrogen and oxygen atoms in total. The van der Waals surface area contributed by atoms with Gasteiger partial charge in [-0.1, -0.05) is 18.2 Å². The molecule has 178 valence electrons. The van der Waals surface area contributed by atoms with Crippen molar-refractivity contribution in [2.24, 2.45) is 5.41 Å². The van der Waals surface area contributed by atoms with Crippen molar-refractivity contribution in [1.82, 2.24) is 4.98 Å². The number of amides is 2. The molecule has 0 saturated heterocycles. The van der Waals surface area contributed by atoms with Crippen LogP contribution in [0, 0.1) is 5.41 Å². The van der Waals surface area contributed by atoms with Crippen LogP contribution in [-0.4, -0.2) is 42.9 Å². The molecule has 34 heavy (non-hydrogen) atoms. The van der Waals surface area contributed by atoms with Crippen LogP contribution in [0.1, 0.15) is 13.8 Å². The Hall–Kier alpha value is -4.27. The molecule has 2 aromatic carbocycles. The third-order valence-corrected chi connectivity index (χ3v) is 5.02. The Balaban J connectivity index is 1.61. The minimum absolute atomic E-state index is 0.0126. The van der Waals surface area contributed by atoms with Crippen molar-refractivity contribution < 1.29 is 28.9 Å². The van der Waals surface area contributed by atoms with Crippen LogP contribution in [0.4, 0.5) is 16.2 Å². The molecule has 3 aromatic rings. The van der Waals surface area contributed by atoms with E-state index in [1.165, 1.54) is 14.2 Å². The summed E-state index contributed by atoms with van der Waals surface area (Å²) in [5.74, 6) is 0.359. The Morgan fingerprint density at radius 2 is 1.65 bits per heavy atom. The summed E-state index contributed by atoms with van der Waals surface area (Å²) >= 11 is 0. The van der Waals surface area contributed by atoms with Crippen molar-refractivity contribution in [2.45, 2.75) is 13.8 Å². The van der Waals surface area contributed by atoms with Crippen LogP contribution in [0.3, 0.4) is 0 Å². The molecule has 0 aliphatic rings. The number of anilines is 2. The van der Waals surface area contributed by atoms with E-state index < -0.39 is 17.4 Å². The molecule has 0 atom stereocenters. The summed E-state index contributed by atoms with van der Waals surface area (Å²) < 4.78 is 16.1. The lowest BCUT2D eigenvalue weighted by atomic mass is 9.95. The summed E-state index contributed by atoms with van der Waals surface area (Å²) in [6.45, 7) is 3.19. The Bertz CT molecular complexity index is 1140. The van der Waals surface area contributed by atoms with E-state index >= 15 is 0 Å². The van der Waals surface area contributed by atoms with Crippen LogP contribution in [0.2, 0.25) is 0 Å². The molecule has 0 radical (unpaired) electrons. The highest BCUT2D eigenvalue weighted by Gasteiger charge is 2.28. The number of ether oxygens (including phenoxy) is 3. The average molecular weight is 466 g/mol. The highest BCUT2D eigenvalue weighted by molar-refractivity contribution is 6.01. The number of urea groups is 1. The van der Waals surface area contributed by atoms with Gasteiger partial charge in [-0.2, -0.15) is 0 Å². The van der Waals surface area contributed by atoms with Gasteiger partial charge in [-0.3, -0.25) is 4.79 Å². The predicted octanol–water partition coefficient (Wildman–Crippen LogP) is 4.90. The van der Waals surface area contributed by atoms with Gasteiger partial charge in [0.15, 0.2) is 11.5 Å². The maximum atomic E-state index is 12.4. The second-order valence-corrected chi connectivity index (χ2v) is 8.06. The van der Waals surface area contributed by atoms with Crippen LogP contribution < -0.4 is 24.8 Å². The zero-order valence-corrected chi connectivity index (χ0v) is 19.4. The zero-order valence-electron chi connectivity index (χ0n) is 19.4. The van der Waals surface area contributed by atoms with Crippen LogP contribution >= 0.6 is 0 Å². The fourth-order valence-electron chi connectivity index (χ4n) is 2.97. The molecule has 2 amide bonds. The number of carboxylic acid groups (broad SMARTS) is 1. The third-order valence-electron chi connectivity index (χ3n) is 5.02. The van der Waals surface area contributed by atoms with Crippen molar-refractivity contribution in [3.05, 3.63) is 60.8 Å². The smallest absolute Gasteiger partial charge is 0.323 e. The SMILES string of the molecule is COc1cccc(NC(=O)Nc2ccc(-c3ccc(OCC(C)(C)C(=O)O)nc3)cc2)c1OC. The molecule has 3 rings (SSSR count). The van der Waals surface area contributed by atoms with Gasteiger partial charge >= 0.3 is 12.0 Å². The highest BCUT2D eigenvalue weighted by atomic mass is 16.5. The molecular formula is C25H27N3O6. The summed E-state index contributed by atoms with van der Waals surface area (Å²) in [5, 5.41) is 14.7. The number of carboxylic acids is 1. The number of hydrogen-bond acceptors (Lipinski definition) is 6. The average Bonchev–Trinajstić information content (AvgIpc) is 2.83. The molecule has 0 spiro atoms. The van der Waals surface area contributed by atoms with E-state index in [1.807, 2.05) is 18.2 Å². The number of hydrogen-bond donors (Lipinski definition) is 3. The Kier molecular flexibility index (Phi) is 7.57. The monoisotopic (exact) mass is 465 g/mol. The second kappa shape index (κ2) is 10.6. The number of aliphatic carboxylic acids is 1. The summed E-state index contributed by atoms with van der Waals surface area (Å²) in [7, 11) is 3.03. The van der Waals surface area contributed by atoms with Crippen LogP contribution in [0.25, 0.3) is 11.1 Å². The number of rotatable bonds is 9. The molecule has 0 aliphatic heterocycles. The molecular weight excluding hydrogens is 438 g/mol. The first kappa shape index (κ1) is 24.4. The van der Waals surface area contributed by atoms with E-state index in [9.17, 15) is 9.59 Å². The molecule has 0 bridgehead atoms. The van der Waals surface area contributed by atoms with E-state index in [4.69, 9.17) is 19.3 Å². The molecule has 9 heteroatoms. The standard InChI is InChI=1S/C25H27N3O6/c1-25(2,23(29)30)15-34-21-13-10-17(14-26-21)16-8-11-18(12-9-16)27-24(31)28-19-6-5-7-20(32-3)22(19)33-4/h5-14H,15H2,1-4H3,(H,29,30)(H2,27,28,31). The fraction of sp³-hybridized carbons (Fsp3) is 0.240. The predicted molar refractivity (Wildman–Crippen MR) is 129 cm³/mol. The van der Waals surface area contributed by atoms with Gasteiger partial charge in [-0.05, 0) is 49.7 Å². The van der Waals surface area contributed by atoms with Gasteiger partial charge in [0.05, 0.1) is 25.3 Å². The number of benzene rings is 2. The van der Waals surface area contributed by atoms with Gasteiger partial charge in [0.1, 0.15) is 6.61 Å². The van der Waals surface area contributed by atoms with Crippen molar-refractivity contribution >= 4 is 23.4 Å². The zero-order chi connectivity index (χ0) is 24.7. The summed E-state index contributed by atoms with van der Waals surface area (Å²) in [6.07, 6.45) is 1.65. The first-order chi connectivity index (χ1) is 16.2. The normalized spacial score (nSPS) is 10.8. The number of carbonyl (C=O) groups is 2. The molecule has 0 aliphatic carbocycles. The summed E-state index contributed by atoms with van der Waals surface area (Å²) in [4.78, 5) is 27.9. The minimum Gasteiger partial charge on any atom is -0.493 e. The largest absolute Gasteiger partial charge is 0.493 e. The molecule has 0 fully saturated rings. The van der Waals surface area contributed by atoms with Gasteiger partial charge in [-0.25, -0.2) is 9.78 Å².